The number of phenols is 1. The van der Waals surface area contributed by atoms with Gasteiger partial charge in [-0.2, -0.15) is 5.10 Å². The minimum atomic E-state index is -1.25. The van der Waals surface area contributed by atoms with Crippen LogP contribution < -0.4 is 5.32 Å². The highest BCUT2D eigenvalue weighted by atomic mass is 19.1. The molecule has 1 amide bonds. The maximum Gasteiger partial charge on any atom is 0.353 e. The van der Waals surface area contributed by atoms with Gasteiger partial charge in [-0.25, -0.2) is 9.18 Å². The number of hydrogen-bond acceptors (Lipinski definition) is 4. The molecule has 4 N–H and O–H groups in total. The highest BCUT2D eigenvalue weighted by molar-refractivity contribution is 6.06. The van der Waals surface area contributed by atoms with Crippen LogP contribution in [0, 0.1) is 5.82 Å². The van der Waals surface area contributed by atoms with Crippen LogP contribution in [0.5, 0.6) is 5.75 Å². The molecule has 0 bridgehead atoms. The number of rotatable bonds is 3. The molecule has 8 heteroatoms. The lowest BCUT2D eigenvalue weighted by molar-refractivity contribution is 0.0690. The topological polar surface area (TPSA) is 115 Å². The van der Waals surface area contributed by atoms with E-state index < -0.39 is 29.0 Å². The number of carbonyl (C=O) groups is 2. The van der Waals surface area contributed by atoms with Crippen molar-refractivity contribution >= 4 is 17.7 Å². The second-order valence-electron chi connectivity index (χ2n) is 3.56. The molecule has 0 atom stereocenters. The van der Waals surface area contributed by atoms with Gasteiger partial charge in [-0.05, 0) is 12.1 Å². The zero-order chi connectivity index (χ0) is 14.0. The summed E-state index contributed by atoms with van der Waals surface area (Å²) in [4.78, 5) is 22.3. The minimum Gasteiger partial charge on any atom is -0.507 e. The number of hydrogen-bond donors (Lipinski definition) is 4. The van der Waals surface area contributed by atoms with Crippen molar-refractivity contribution in [1.82, 2.24) is 10.2 Å². The number of carboxylic acid groups (broad SMARTS) is 1. The van der Waals surface area contributed by atoms with E-state index in [9.17, 15) is 19.1 Å². The third kappa shape index (κ3) is 2.51. The van der Waals surface area contributed by atoms with Crippen LogP contribution in [0.25, 0.3) is 0 Å². The summed E-state index contributed by atoms with van der Waals surface area (Å²) in [5.74, 6) is -3.69. The van der Waals surface area contributed by atoms with Gasteiger partial charge in [0, 0.05) is 6.07 Å². The zero-order valence-corrected chi connectivity index (χ0v) is 9.35. The first-order valence-corrected chi connectivity index (χ1v) is 5.06. The molecule has 0 fully saturated rings. The Morgan fingerprint density at radius 1 is 1.37 bits per heavy atom. The molecule has 0 unspecified atom stereocenters. The summed E-state index contributed by atoms with van der Waals surface area (Å²) < 4.78 is 13.4. The normalized spacial score (nSPS) is 10.2. The minimum absolute atomic E-state index is 0.0925. The first-order chi connectivity index (χ1) is 8.99. The first-order valence-electron chi connectivity index (χ1n) is 5.06. The van der Waals surface area contributed by atoms with Gasteiger partial charge in [-0.1, -0.05) is 6.07 Å². The number of carbonyl (C=O) groups excluding carboxylic acids is 1. The quantitative estimate of drug-likeness (QED) is 0.665. The average molecular weight is 265 g/mol. The smallest absolute Gasteiger partial charge is 0.353 e. The Kier molecular flexibility index (Phi) is 3.15. The fourth-order valence-electron chi connectivity index (χ4n) is 1.41. The van der Waals surface area contributed by atoms with E-state index in [1.807, 2.05) is 0 Å². The van der Waals surface area contributed by atoms with Crippen LogP contribution in [0.2, 0.25) is 0 Å². The van der Waals surface area contributed by atoms with E-state index >= 15 is 0 Å². The number of aromatic amines is 1. The highest BCUT2D eigenvalue weighted by Crippen LogP contribution is 2.21. The van der Waals surface area contributed by atoms with Gasteiger partial charge in [0.25, 0.3) is 5.91 Å². The van der Waals surface area contributed by atoms with Crippen LogP contribution in [0.3, 0.4) is 0 Å². The molecule has 98 valence electrons. The van der Waals surface area contributed by atoms with Crippen molar-refractivity contribution in [2.75, 3.05) is 5.32 Å². The van der Waals surface area contributed by atoms with Crippen molar-refractivity contribution < 1.29 is 24.2 Å². The molecule has 1 aromatic carbocycles. The molecule has 0 spiro atoms. The van der Waals surface area contributed by atoms with Crippen LogP contribution in [0.1, 0.15) is 20.8 Å². The van der Waals surface area contributed by atoms with Crippen molar-refractivity contribution in [1.29, 1.82) is 0 Å². The summed E-state index contributed by atoms with van der Waals surface area (Å²) in [6, 6.07) is 4.49. The van der Waals surface area contributed by atoms with Gasteiger partial charge < -0.3 is 15.5 Å². The van der Waals surface area contributed by atoms with E-state index in [0.29, 0.717) is 0 Å². The monoisotopic (exact) mass is 265 g/mol. The van der Waals surface area contributed by atoms with Gasteiger partial charge >= 0.3 is 5.97 Å². The molecule has 2 aromatic rings. The highest BCUT2D eigenvalue weighted by Gasteiger charge is 2.18. The Balaban J connectivity index is 2.23. The number of amides is 1. The molecule has 0 aliphatic carbocycles. The van der Waals surface area contributed by atoms with Crippen molar-refractivity contribution in [3.8, 4) is 5.75 Å². The lowest BCUT2D eigenvalue weighted by atomic mass is 10.1. The van der Waals surface area contributed by atoms with Crippen molar-refractivity contribution in [2.45, 2.75) is 0 Å². The third-order valence-electron chi connectivity index (χ3n) is 2.27. The summed E-state index contributed by atoms with van der Waals surface area (Å²) in [6.07, 6.45) is 0. The van der Waals surface area contributed by atoms with E-state index in [2.05, 4.69) is 15.5 Å². The van der Waals surface area contributed by atoms with E-state index in [1.54, 1.807) is 0 Å². The summed E-state index contributed by atoms with van der Waals surface area (Å²) >= 11 is 0. The number of phenolic OH excluding ortho intramolecular Hbond substituents is 1. The predicted octanol–water partition coefficient (Wildman–Crippen LogP) is 1.20. The molecular formula is C11H8FN3O4. The fraction of sp³-hybridized carbons (Fsp3) is 0. The van der Waals surface area contributed by atoms with Crippen LogP contribution in [0.4, 0.5) is 10.2 Å². The predicted molar refractivity (Wildman–Crippen MR) is 61.6 cm³/mol. The molecular weight excluding hydrogens is 257 g/mol. The summed E-state index contributed by atoms with van der Waals surface area (Å²) in [5.41, 5.74) is -0.768. The van der Waals surface area contributed by atoms with Gasteiger partial charge in [-0.3, -0.25) is 9.89 Å². The Hall–Kier alpha value is -2.90. The number of nitrogens with zero attached hydrogens (tertiary/aromatic N) is 1. The molecule has 0 saturated carbocycles. The lowest BCUT2D eigenvalue weighted by Crippen LogP contribution is -2.14. The number of nitrogens with one attached hydrogen (secondary N) is 2. The molecule has 7 nitrogen and oxygen atoms in total. The van der Waals surface area contributed by atoms with Crippen LogP contribution in [-0.2, 0) is 0 Å². The molecule has 1 aromatic heterocycles. The maximum atomic E-state index is 13.4. The molecule has 0 aliphatic heterocycles. The van der Waals surface area contributed by atoms with E-state index in [1.165, 1.54) is 6.07 Å². The molecule has 1 heterocycles. The number of aromatic nitrogens is 2. The number of aromatic carboxylic acids is 1. The van der Waals surface area contributed by atoms with Gasteiger partial charge in [0.1, 0.15) is 22.8 Å². The summed E-state index contributed by atoms with van der Waals surface area (Å²) in [6.45, 7) is 0. The number of anilines is 1. The van der Waals surface area contributed by atoms with Gasteiger partial charge in [0.05, 0.1) is 0 Å². The van der Waals surface area contributed by atoms with Crippen LogP contribution in [-0.4, -0.2) is 32.3 Å². The van der Waals surface area contributed by atoms with Gasteiger partial charge in [0.2, 0.25) is 0 Å². The molecule has 2 rings (SSSR count). The Morgan fingerprint density at radius 2 is 2.11 bits per heavy atom. The van der Waals surface area contributed by atoms with Gasteiger partial charge in [-0.15, -0.1) is 0 Å². The van der Waals surface area contributed by atoms with E-state index in [0.717, 1.165) is 18.2 Å². The largest absolute Gasteiger partial charge is 0.507 e. The number of carboxylic acids is 1. The fourth-order valence-corrected chi connectivity index (χ4v) is 1.41. The second-order valence-corrected chi connectivity index (χ2v) is 3.56. The SMILES string of the molecule is O=C(O)c1cc(NC(=O)c2c(O)cccc2F)n[nH]1. The van der Waals surface area contributed by atoms with E-state index in [4.69, 9.17) is 5.11 Å². The van der Waals surface area contributed by atoms with Crippen molar-refractivity contribution in [3.05, 3.63) is 41.3 Å². The first kappa shape index (κ1) is 12.6. The molecule has 0 aliphatic rings. The molecule has 19 heavy (non-hydrogen) atoms. The Morgan fingerprint density at radius 3 is 2.68 bits per heavy atom. The number of halogens is 1. The van der Waals surface area contributed by atoms with Crippen molar-refractivity contribution in [3.63, 3.8) is 0 Å². The lowest BCUT2D eigenvalue weighted by Gasteiger charge is -2.04. The number of H-pyrrole nitrogens is 1. The van der Waals surface area contributed by atoms with Gasteiger partial charge in [0.15, 0.2) is 5.82 Å². The summed E-state index contributed by atoms with van der Waals surface area (Å²) in [7, 11) is 0. The number of benzene rings is 1. The molecule has 0 radical (unpaired) electrons. The Labute approximate surface area is 105 Å². The van der Waals surface area contributed by atoms with Crippen LogP contribution >= 0.6 is 0 Å². The third-order valence-corrected chi connectivity index (χ3v) is 2.27. The Bertz CT molecular complexity index is 633. The van der Waals surface area contributed by atoms with Crippen LogP contribution in [0.15, 0.2) is 24.3 Å². The second kappa shape index (κ2) is 4.77. The number of aromatic hydroxyl groups is 1. The van der Waals surface area contributed by atoms with Crippen molar-refractivity contribution in [2.24, 2.45) is 0 Å². The average Bonchev–Trinajstić information content (AvgIpc) is 2.77. The zero-order valence-electron chi connectivity index (χ0n) is 9.35. The van der Waals surface area contributed by atoms with E-state index in [-0.39, 0.29) is 11.5 Å². The maximum absolute atomic E-state index is 13.4. The standard InChI is InChI=1S/C11H8FN3O4/c12-5-2-1-3-7(16)9(5)10(17)13-8-4-6(11(18)19)14-15-8/h1-4,16H,(H,18,19)(H2,13,14,15,17). The molecule has 0 saturated heterocycles. The summed E-state index contributed by atoms with van der Waals surface area (Å²) in [5, 5.41) is 25.9.